The Hall–Kier alpha value is -0.980. The van der Waals surface area contributed by atoms with Crippen LogP contribution in [-0.2, 0) is 9.47 Å². The van der Waals surface area contributed by atoms with Crippen molar-refractivity contribution in [1.82, 2.24) is 9.88 Å². The molecule has 1 unspecified atom stereocenters. The lowest BCUT2D eigenvalue weighted by Crippen LogP contribution is -2.37. The molecule has 0 spiro atoms. The number of ether oxygens (including phenoxy) is 2. The topological polar surface area (TPSA) is 51.7 Å². The van der Waals surface area contributed by atoms with Crippen LogP contribution in [0, 0.1) is 0 Å². The van der Waals surface area contributed by atoms with Gasteiger partial charge in [0.25, 0.3) is 0 Å². The molecule has 1 aromatic rings. The number of rotatable bonds is 3. The molecule has 0 amide bonds. The molecule has 1 fully saturated rings. The minimum absolute atomic E-state index is 0.0212. The van der Waals surface area contributed by atoms with Gasteiger partial charge in [-0.2, -0.15) is 0 Å². The van der Waals surface area contributed by atoms with Crippen LogP contribution in [0.2, 0.25) is 0 Å². The number of aromatic nitrogens is 1. The van der Waals surface area contributed by atoms with E-state index in [1.807, 2.05) is 0 Å². The zero-order chi connectivity index (χ0) is 12.3. The first-order valence-electron chi connectivity index (χ1n) is 5.62. The summed E-state index contributed by atoms with van der Waals surface area (Å²) in [6.45, 7) is 5.65. The van der Waals surface area contributed by atoms with Crippen molar-refractivity contribution in [3.05, 3.63) is 16.1 Å². The fraction of sp³-hybridized carbons (Fsp3) is 0.636. The predicted molar refractivity (Wildman–Crippen MR) is 64.3 cm³/mol. The van der Waals surface area contributed by atoms with Gasteiger partial charge in [0.15, 0.2) is 0 Å². The molecule has 2 heterocycles. The molecule has 17 heavy (non-hydrogen) atoms. The minimum atomic E-state index is -0.336. The van der Waals surface area contributed by atoms with Crippen LogP contribution in [0.3, 0.4) is 0 Å². The molecule has 0 aliphatic carbocycles. The van der Waals surface area contributed by atoms with Gasteiger partial charge in [-0.15, -0.1) is 11.3 Å². The maximum Gasteiger partial charge on any atom is 0.349 e. The molecule has 0 bridgehead atoms. The molecule has 1 saturated heterocycles. The van der Waals surface area contributed by atoms with E-state index in [9.17, 15) is 4.79 Å². The first-order chi connectivity index (χ1) is 8.24. The van der Waals surface area contributed by atoms with Gasteiger partial charge in [-0.05, 0) is 6.54 Å². The van der Waals surface area contributed by atoms with Crippen molar-refractivity contribution in [3.63, 3.8) is 0 Å². The summed E-state index contributed by atoms with van der Waals surface area (Å²) in [6, 6.07) is 0. The summed E-state index contributed by atoms with van der Waals surface area (Å²) in [5, 5.41) is 0.851. The fourth-order valence-corrected chi connectivity index (χ4v) is 2.65. The Labute approximate surface area is 104 Å². The quantitative estimate of drug-likeness (QED) is 0.763. The molecule has 6 heteroatoms. The Bertz CT molecular complexity index is 394. The minimum Gasteiger partial charge on any atom is -0.465 e. The van der Waals surface area contributed by atoms with Crippen molar-refractivity contribution >= 4 is 17.3 Å². The van der Waals surface area contributed by atoms with E-state index in [1.165, 1.54) is 18.4 Å². The second-order valence-corrected chi connectivity index (χ2v) is 4.87. The number of esters is 1. The van der Waals surface area contributed by atoms with Crippen molar-refractivity contribution in [2.75, 3.05) is 33.4 Å². The van der Waals surface area contributed by atoms with Gasteiger partial charge in [-0.3, -0.25) is 4.90 Å². The third-order valence-corrected chi connectivity index (χ3v) is 3.85. The van der Waals surface area contributed by atoms with Crippen molar-refractivity contribution < 1.29 is 14.3 Å². The number of thiazole rings is 1. The van der Waals surface area contributed by atoms with Crippen LogP contribution in [0.5, 0.6) is 0 Å². The van der Waals surface area contributed by atoms with Gasteiger partial charge in [0, 0.05) is 13.1 Å². The maximum absolute atomic E-state index is 11.3. The lowest BCUT2D eigenvalue weighted by atomic mass is 10.3. The average Bonchev–Trinajstić information content (AvgIpc) is 2.87. The zero-order valence-corrected chi connectivity index (χ0v) is 10.8. The zero-order valence-electron chi connectivity index (χ0n) is 10.0. The van der Waals surface area contributed by atoms with Crippen LogP contribution in [0.1, 0.15) is 27.7 Å². The number of likely N-dealkylation sites (N-methyl/N-ethyl adjacent to an activating group) is 1. The lowest BCUT2D eigenvalue weighted by Gasteiger charge is -2.30. The number of morpholine rings is 1. The smallest absolute Gasteiger partial charge is 0.349 e. The van der Waals surface area contributed by atoms with Crippen molar-refractivity contribution in [2.45, 2.75) is 13.0 Å². The number of hydrogen-bond donors (Lipinski definition) is 0. The SMILES string of the molecule is CCN1CCOC(c2ncc(C(=O)OC)s2)C1. The van der Waals surface area contributed by atoms with E-state index in [-0.39, 0.29) is 12.1 Å². The van der Waals surface area contributed by atoms with Crippen LogP contribution in [0.4, 0.5) is 0 Å². The van der Waals surface area contributed by atoms with E-state index in [0.29, 0.717) is 11.5 Å². The Kier molecular flexibility index (Phi) is 4.09. The second-order valence-electron chi connectivity index (χ2n) is 3.81. The number of carbonyl (C=O) groups is 1. The summed E-state index contributed by atoms with van der Waals surface area (Å²) in [5.74, 6) is -0.336. The highest BCUT2D eigenvalue weighted by molar-refractivity contribution is 7.13. The number of carbonyl (C=O) groups excluding carboxylic acids is 1. The van der Waals surface area contributed by atoms with Gasteiger partial charge >= 0.3 is 5.97 Å². The predicted octanol–water partition coefficient (Wildman–Crippen LogP) is 1.32. The summed E-state index contributed by atoms with van der Waals surface area (Å²) in [6.07, 6.45) is 1.53. The monoisotopic (exact) mass is 256 g/mol. The van der Waals surface area contributed by atoms with E-state index < -0.39 is 0 Å². The fourth-order valence-electron chi connectivity index (χ4n) is 1.77. The summed E-state index contributed by atoms with van der Waals surface area (Å²) in [5.41, 5.74) is 0. The molecule has 1 aromatic heterocycles. The number of hydrogen-bond acceptors (Lipinski definition) is 6. The van der Waals surface area contributed by atoms with Crippen LogP contribution in [0.25, 0.3) is 0 Å². The Morgan fingerprint density at radius 1 is 1.76 bits per heavy atom. The molecule has 0 aromatic carbocycles. The van der Waals surface area contributed by atoms with E-state index in [1.54, 1.807) is 6.20 Å². The second kappa shape index (κ2) is 5.57. The van der Waals surface area contributed by atoms with Crippen molar-refractivity contribution in [2.24, 2.45) is 0 Å². The number of methoxy groups -OCH3 is 1. The van der Waals surface area contributed by atoms with E-state index in [0.717, 1.165) is 24.6 Å². The van der Waals surface area contributed by atoms with Crippen molar-refractivity contribution in [3.8, 4) is 0 Å². The van der Waals surface area contributed by atoms with Crippen LogP contribution in [0.15, 0.2) is 6.20 Å². The molecule has 0 radical (unpaired) electrons. The Balaban J connectivity index is 2.06. The highest BCUT2D eigenvalue weighted by Gasteiger charge is 2.24. The summed E-state index contributed by atoms with van der Waals surface area (Å²) in [4.78, 5) is 18.4. The molecule has 1 aliphatic rings. The standard InChI is InChI=1S/C11H16N2O3S/c1-3-13-4-5-16-8(7-13)10-12-6-9(17-10)11(14)15-2/h6,8H,3-5,7H2,1-2H3. The molecular formula is C11H16N2O3S. The van der Waals surface area contributed by atoms with Crippen molar-refractivity contribution in [1.29, 1.82) is 0 Å². The maximum atomic E-state index is 11.3. The van der Waals surface area contributed by atoms with Gasteiger partial charge in [-0.1, -0.05) is 6.92 Å². The molecular weight excluding hydrogens is 240 g/mol. The molecule has 0 saturated carbocycles. The lowest BCUT2D eigenvalue weighted by molar-refractivity contribution is -0.0282. The van der Waals surface area contributed by atoms with Crippen LogP contribution < -0.4 is 0 Å². The van der Waals surface area contributed by atoms with Gasteiger partial charge in [0.05, 0.1) is 19.9 Å². The van der Waals surface area contributed by atoms with Crippen LogP contribution >= 0.6 is 11.3 Å². The first-order valence-corrected chi connectivity index (χ1v) is 6.44. The summed E-state index contributed by atoms with van der Waals surface area (Å²) < 4.78 is 10.3. The average molecular weight is 256 g/mol. The Morgan fingerprint density at radius 3 is 3.29 bits per heavy atom. The highest BCUT2D eigenvalue weighted by atomic mass is 32.1. The largest absolute Gasteiger partial charge is 0.465 e. The van der Waals surface area contributed by atoms with Gasteiger partial charge in [-0.25, -0.2) is 9.78 Å². The molecule has 1 aliphatic heterocycles. The Morgan fingerprint density at radius 2 is 2.59 bits per heavy atom. The summed E-state index contributed by atoms with van der Waals surface area (Å²) in [7, 11) is 1.37. The van der Waals surface area contributed by atoms with Crippen LogP contribution in [-0.4, -0.2) is 49.2 Å². The van der Waals surface area contributed by atoms with E-state index in [2.05, 4.69) is 21.5 Å². The van der Waals surface area contributed by atoms with Gasteiger partial charge in [0.1, 0.15) is 16.0 Å². The molecule has 2 rings (SSSR count). The van der Waals surface area contributed by atoms with E-state index >= 15 is 0 Å². The molecule has 0 N–H and O–H groups in total. The summed E-state index contributed by atoms with van der Waals surface area (Å²) >= 11 is 1.35. The number of nitrogens with zero attached hydrogens (tertiary/aromatic N) is 2. The highest BCUT2D eigenvalue weighted by Crippen LogP contribution is 2.26. The molecule has 94 valence electrons. The normalized spacial score (nSPS) is 21.4. The molecule has 1 atom stereocenters. The van der Waals surface area contributed by atoms with E-state index in [4.69, 9.17) is 4.74 Å². The molecule has 5 nitrogen and oxygen atoms in total. The first kappa shape index (κ1) is 12.5. The third kappa shape index (κ3) is 2.83. The van der Waals surface area contributed by atoms with Gasteiger partial charge in [0.2, 0.25) is 0 Å². The third-order valence-electron chi connectivity index (χ3n) is 2.78. The van der Waals surface area contributed by atoms with Gasteiger partial charge < -0.3 is 9.47 Å².